The zero-order valence-electron chi connectivity index (χ0n) is 19.4. The average molecular weight is 468 g/mol. The lowest BCUT2D eigenvalue weighted by Gasteiger charge is -2.52. The van der Waals surface area contributed by atoms with Gasteiger partial charge in [-0.25, -0.2) is 4.99 Å². The van der Waals surface area contributed by atoms with E-state index >= 15 is 0 Å². The molecule has 32 heavy (non-hydrogen) atoms. The predicted molar refractivity (Wildman–Crippen MR) is 136 cm³/mol. The summed E-state index contributed by atoms with van der Waals surface area (Å²) in [6.45, 7) is 8.30. The molecule has 7 heteroatoms. The number of unbranched alkanes of at least 4 members (excludes halogenated alkanes) is 2. The lowest BCUT2D eigenvalue weighted by molar-refractivity contribution is 0.200. The van der Waals surface area contributed by atoms with Crippen LogP contribution in [0.2, 0.25) is 0 Å². The van der Waals surface area contributed by atoms with E-state index in [0.29, 0.717) is 0 Å². The number of thioether (sulfide) groups is 2. The minimum atomic E-state index is -1.30. The van der Waals surface area contributed by atoms with Gasteiger partial charge in [0, 0.05) is 5.70 Å². The summed E-state index contributed by atoms with van der Waals surface area (Å²) in [6.07, 6.45) is 4.18. The topological polar surface area (TPSA) is 98.0 Å². The first kappa shape index (κ1) is 24.6. The predicted octanol–water partition coefficient (Wildman–Crippen LogP) is 5.74. The molecule has 2 heterocycles. The van der Waals surface area contributed by atoms with E-state index in [9.17, 15) is 10.5 Å². The number of nitrogens with one attached hydrogen (secondary N) is 1. The number of fused-ring (bicyclic) bond motifs is 1. The highest BCUT2D eigenvalue weighted by Crippen LogP contribution is 2.71. The molecule has 0 fully saturated rings. The molecule has 0 aromatic heterocycles. The van der Waals surface area contributed by atoms with E-state index in [-0.39, 0.29) is 5.84 Å². The van der Waals surface area contributed by atoms with Crippen molar-refractivity contribution in [3.63, 3.8) is 0 Å². The molecule has 1 aromatic rings. The van der Waals surface area contributed by atoms with Crippen LogP contribution in [-0.2, 0) is 0 Å². The molecular formula is C25H33N5S2. The van der Waals surface area contributed by atoms with Crippen LogP contribution in [0.1, 0.15) is 65.0 Å². The zero-order valence-corrected chi connectivity index (χ0v) is 21.1. The first-order valence-electron chi connectivity index (χ1n) is 11.4. The van der Waals surface area contributed by atoms with Crippen LogP contribution in [0.15, 0.2) is 46.6 Å². The van der Waals surface area contributed by atoms with Gasteiger partial charge in [0.1, 0.15) is 5.84 Å². The smallest absolute Gasteiger partial charge is 0.178 e. The Hall–Kier alpha value is -2.09. The summed E-state index contributed by atoms with van der Waals surface area (Å²) in [7, 11) is 0. The molecule has 3 N–H and O–H groups in total. The maximum absolute atomic E-state index is 10.9. The number of rotatable bonds is 9. The van der Waals surface area contributed by atoms with Gasteiger partial charge < -0.3 is 11.1 Å². The lowest BCUT2D eigenvalue weighted by Crippen LogP contribution is -2.61. The van der Waals surface area contributed by atoms with Gasteiger partial charge in [0.05, 0.1) is 18.2 Å². The van der Waals surface area contributed by atoms with Crippen LogP contribution in [0.3, 0.4) is 0 Å². The number of aliphatic imine (C=N–C) groups is 1. The molecule has 0 unspecified atom stereocenters. The second-order valence-electron chi connectivity index (χ2n) is 8.50. The molecule has 5 nitrogen and oxygen atoms in total. The van der Waals surface area contributed by atoms with Gasteiger partial charge in [-0.3, -0.25) is 0 Å². The van der Waals surface area contributed by atoms with Gasteiger partial charge in [0.2, 0.25) is 0 Å². The number of nitrogens with two attached hydrogens (primary N) is 1. The average Bonchev–Trinajstić information content (AvgIpc) is 3.03. The van der Waals surface area contributed by atoms with Crippen molar-refractivity contribution < 1.29 is 0 Å². The van der Waals surface area contributed by atoms with Gasteiger partial charge in [0.15, 0.2) is 15.0 Å². The Balaban J connectivity index is 2.30. The van der Waals surface area contributed by atoms with Gasteiger partial charge in [-0.1, -0.05) is 57.0 Å². The Morgan fingerprint density at radius 1 is 1.03 bits per heavy atom. The van der Waals surface area contributed by atoms with E-state index in [4.69, 9.17) is 10.7 Å². The van der Waals surface area contributed by atoms with Crippen molar-refractivity contribution in [1.82, 2.24) is 5.32 Å². The number of amidine groups is 1. The molecule has 3 atom stereocenters. The highest BCUT2D eigenvalue weighted by atomic mass is 32.2. The van der Waals surface area contributed by atoms with E-state index < -0.39 is 21.1 Å². The number of benzene rings is 1. The van der Waals surface area contributed by atoms with Gasteiger partial charge in [0.25, 0.3) is 0 Å². The molecule has 2 aliphatic rings. The van der Waals surface area contributed by atoms with Crippen molar-refractivity contribution >= 4 is 29.4 Å². The molecular weight excluding hydrogens is 434 g/mol. The molecule has 1 aromatic carbocycles. The number of hydrogen-bond acceptors (Lipinski definition) is 7. The monoisotopic (exact) mass is 467 g/mol. The van der Waals surface area contributed by atoms with E-state index in [0.717, 1.165) is 54.0 Å². The molecule has 2 aliphatic heterocycles. The van der Waals surface area contributed by atoms with E-state index in [1.807, 2.05) is 44.2 Å². The summed E-state index contributed by atoms with van der Waals surface area (Å²) in [5, 5.41) is 25.3. The lowest BCUT2D eigenvalue weighted by atomic mass is 9.55. The van der Waals surface area contributed by atoms with Crippen LogP contribution < -0.4 is 11.1 Å². The molecule has 0 radical (unpaired) electrons. The largest absolute Gasteiger partial charge is 0.386 e. The van der Waals surface area contributed by atoms with Crippen LogP contribution in [0.25, 0.3) is 0 Å². The fourth-order valence-electron chi connectivity index (χ4n) is 4.84. The Labute approximate surface area is 200 Å². The Morgan fingerprint density at radius 3 is 2.12 bits per heavy atom. The number of allylic oxidation sites excluding steroid dienone is 1. The van der Waals surface area contributed by atoms with Crippen molar-refractivity contribution in [2.75, 3.05) is 11.5 Å². The van der Waals surface area contributed by atoms with Crippen LogP contribution in [-0.4, -0.2) is 21.5 Å². The highest BCUT2D eigenvalue weighted by Gasteiger charge is 2.76. The first-order valence-corrected chi connectivity index (χ1v) is 13.3. The quantitative estimate of drug-likeness (QED) is 0.355. The van der Waals surface area contributed by atoms with Crippen molar-refractivity contribution in [2.45, 2.75) is 63.6 Å². The minimum absolute atomic E-state index is 0.266. The third-order valence-corrected chi connectivity index (χ3v) is 9.99. The first-order chi connectivity index (χ1) is 15.4. The Morgan fingerprint density at radius 2 is 1.62 bits per heavy atom. The SMILES string of the molecule is CCCCSC1(SCCCC)N=C(N)[C@]2(C#N)[C@@H](c3ccccc3)NC(C)=C(C)[C@@]12C#N. The molecule has 0 saturated carbocycles. The summed E-state index contributed by atoms with van der Waals surface area (Å²) in [5.74, 6) is 2.00. The van der Waals surface area contributed by atoms with E-state index in [1.165, 1.54) is 0 Å². The van der Waals surface area contributed by atoms with Crippen LogP contribution in [0.5, 0.6) is 0 Å². The highest BCUT2D eigenvalue weighted by molar-refractivity contribution is 8.18. The summed E-state index contributed by atoms with van der Waals surface area (Å²) < 4.78 is -0.855. The summed E-state index contributed by atoms with van der Waals surface area (Å²) >= 11 is 3.39. The minimum Gasteiger partial charge on any atom is -0.386 e. The Bertz CT molecular complexity index is 964. The van der Waals surface area contributed by atoms with Crippen molar-refractivity contribution in [3.05, 3.63) is 47.2 Å². The maximum Gasteiger partial charge on any atom is 0.178 e. The number of hydrogen-bond donors (Lipinski definition) is 2. The molecule has 0 saturated heterocycles. The van der Waals surface area contributed by atoms with Gasteiger partial charge in [-0.15, -0.1) is 23.5 Å². The maximum atomic E-state index is 10.9. The van der Waals surface area contributed by atoms with E-state index in [1.54, 1.807) is 23.5 Å². The second-order valence-corrected chi connectivity index (χ2v) is 11.3. The zero-order chi connectivity index (χ0) is 23.4. The van der Waals surface area contributed by atoms with Gasteiger partial charge in [-0.05, 0) is 49.3 Å². The van der Waals surface area contributed by atoms with Crippen molar-refractivity contribution in [3.8, 4) is 12.1 Å². The van der Waals surface area contributed by atoms with Gasteiger partial charge in [-0.2, -0.15) is 10.5 Å². The standard InChI is InChI=1S/C25H33N5S2/c1-5-7-14-31-25(32-15-8-6-2)24(17-27)18(3)19(4)29-21(20-12-10-9-11-13-20)23(24,16-26)22(28)30-25/h9-13,21,29H,5-8,14-15H2,1-4H3,(H2,28,30)/t21-,23+,24-/m1/s1. The molecule has 0 bridgehead atoms. The van der Waals surface area contributed by atoms with Gasteiger partial charge >= 0.3 is 0 Å². The molecule has 3 rings (SSSR count). The summed E-state index contributed by atoms with van der Waals surface area (Å²) in [5.41, 5.74) is 6.95. The Kier molecular flexibility index (Phi) is 7.53. The van der Waals surface area contributed by atoms with E-state index in [2.05, 4.69) is 31.3 Å². The van der Waals surface area contributed by atoms with Crippen LogP contribution >= 0.6 is 23.5 Å². The van der Waals surface area contributed by atoms with Crippen molar-refractivity contribution in [1.29, 1.82) is 10.5 Å². The molecule has 0 aliphatic carbocycles. The number of nitriles is 2. The van der Waals surface area contributed by atoms with Crippen LogP contribution in [0.4, 0.5) is 0 Å². The molecule has 0 amide bonds. The molecule has 0 spiro atoms. The normalized spacial score (nSPS) is 28.3. The van der Waals surface area contributed by atoms with Crippen molar-refractivity contribution in [2.24, 2.45) is 21.6 Å². The fourth-order valence-corrected chi connectivity index (χ4v) is 8.57. The fraction of sp³-hybridized carbons (Fsp3) is 0.560. The summed E-state index contributed by atoms with van der Waals surface area (Å²) in [6, 6.07) is 14.6. The van der Waals surface area contributed by atoms with Crippen LogP contribution in [0, 0.1) is 33.5 Å². The third-order valence-electron chi connectivity index (χ3n) is 6.72. The molecule has 170 valence electrons. The number of nitrogens with zero attached hydrogens (tertiary/aromatic N) is 3. The summed E-state index contributed by atoms with van der Waals surface area (Å²) in [4.78, 5) is 5.06. The third kappa shape index (κ3) is 3.42. The second kappa shape index (κ2) is 9.81.